The van der Waals surface area contributed by atoms with Gasteiger partial charge < -0.3 is 4.74 Å². The van der Waals surface area contributed by atoms with Crippen LogP contribution in [0.2, 0.25) is 5.02 Å². The van der Waals surface area contributed by atoms with E-state index in [-0.39, 0.29) is 0 Å². The number of hydrogen-bond donors (Lipinski definition) is 0. The lowest BCUT2D eigenvalue weighted by atomic mass is 10.3. The Hall–Kier alpha value is -1.04. The summed E-state index contributed by atoms with van der Waals surface area (Å²) >= 11 is 9.18. The lowest BCUT2D eigenvalue weighted by molar-refractivity contribution is 0.199. The minimum Gasteiger partial charge on any atom is -0.492 e. The Morgan fingerprint density at radius 3 is 2.74 bits per heavy atom. The van der Waals surface area contributed by atoms with E-state index in [4.69, 9.17) is 16.3 Å². The van der Waals surface area contributed by atoms with Crippen molar-refractivity contribution < 1.29 is 4.74 Å². The van der Waals surface area contributed by atoms with Crippen LogP contribution in [-0.2, 0) is 6.67 Å². The van der Waals surface area contributed by atoms with Crippen molar-refractivity contribution in [1.82, 2.24) is 14.7 Å². The average molecular weight is 345 g/mol. The van der Waals surface area contributed by atoms with E-state index in [9.17, 15) is 0 Å². The zero-order valence-corrected chi connectivity index (χ0v) is 12.9. The average Bonchev–Trinajstić information content (AvgIpc) is 2.77. The number of rotatable bonds is 6. The fourth-order valence-corrected chi connectivity index (χ4v) is 2.04. The molecule has 1 heterocycles. The first-order chi connectivity index (χ1) is 9.13. The van der Waals surface area contributed by atoms with Gasteiger partial charge in [0.15, 0.2) is 0 Å². The van der Waals surface area contributed by atoms with Crippen molar-refractivity contribution in [2.75, 3.05) is 20.2 Å². The number of nitrogens with zero attached hydrogens (tertiary/aromatic N) is 3. The van der Waals surface area contributed by atoms with Crippen LogP contribution in [0, 0.1) is 0 Å². The number of benzene rings is 1. The van der Waals surface area contributed by atoms with E-state index >= 15 is 0 Å². The summed E-state index contributed by atoms with van der Waals surface area (Å²) in [4.78, 5) is 2.13. The van der Waals surface area contributed by atoms with Gasteiger partial charge in [0.05, 0.1) is 17.3 Å². The van der Waals surface area contributed by atoms with Crippen LogP contribution < -0.4 is 4.74 Å². The molecule has 0 saturated carbocycles. The van der Waals surface area contributed by atoms with Crippen LogP contribution in [0.5, 0.6) is 5.75 Å². The molecule has 2 aromatic rings. The molecule has 19 heavy (non-hydrogen) atoms. The molecule has 102 valence electrons. The molecule has 0 aliphatic heterocycles. The topological polar surface area (TPSA) is 30.3 Å². The van der Waals surface area contributed by atoms with Gasteiger partial charge in [-0.25, -0.2) is 0 Å². The molecule has 0 fully saturated rings. The second kappa shape index (κ2) is 6.93. The third-order valence-electron chi connectivity index (χ3n) is 2.54. The van der Waals surface area contributed by atoms with Crippen molar-refractivity contribution in [2.45, 2.75) is 6.67 Å². The Morgan fingerprint density at radius 1 is 1.37 bits per heavy atom. The van der Waals surface area contributed by atoms with Crippen molar-refractivity contribution in [2.24, 2.45) is 0 Å². The van der Waals surface area contributed by atoms with Crippen LogP contribution in [-0.4, -0.2) is 34.9 Å². The van der Waals surface area contributed by atoms with E-state index < -0.39 is 0 Å². The highest BCUT2D eigenvalue weighted by Crippen LogP contribution is 2.15. The van der Waals surface area contributed by atoms with Crippen molar-refractivity contribution >= 4 is 27.5 Å². The van der Waals surface area contributed by atoms with Gasteiger partial charge in [-0.05, 0) is 47.2 Å². The molecule has 1 aromatic carbocycles. The molecular weight excluding hydrogens is 330 g/mol. The lowest BCUT2D eigenvalue weighted by Crippen LogP contribution is -2.27. The first-order valence-corrected chi connectivity index (χ1v) is 7.05. The van der Waals surface area contributed by atoms with Crippen molar-refractivity contribution in [3.8, 4) is 5.75 Å². The molecule has 0 spiro atoms. The minimum absolute atomic E-state index is 0.626. The molecule has 0 amide bonds. The SMILES string of the molecule is CN(CCOc1ccc(Cl)cc1)Cn1cc(Br)cn1. The highest BCUT2D eigenvalue weighted by atomic mass is 79.9. The Kier molecular flexibility index (Phi) is 5.24. The van der Waals surface area contributed by atoms with E-state index in [2.05, 4.69) is 25.9 Å². The van der Waals surface area contributed by atoms with Crippen molar-refractivity contribution in [1.29, 1.82) is 0 Å². The molecule has 0 N–H and O–H groups in total. The molecule has 0 aliphatic carbocycles. The molecule has 4 nitrogen and oxygen atoms in total. The van der Waals surface area contributed by atoms with Gasteiger partial charge >= 0.3 is 0 Å². The fourth-order valence-electron chi connectivity index (χ4n) is 1.58. The quantitative estimate of drug-likeness (QED) is 0.806. The Morgan fingerprint density at radius 2 is 2.11 bits per heavy atom. The molecule has 1 aromatic heterocycles. The Balaban J connectivity index is 1.71. The maximum atomic E-state index is 5.81. The molecule has 6 heteroatoms. The summed E-state index contributed by atoms with van der Waals surface area (Å²) in [5, 5.41) is 4.92. The highest BCUT2D eigenvalue weighted by molar-refractivity contribution is 9.10. The summed E-state index contributed by atoms with van der Waals surface area (Å²) in [6, 6.07) is 7.38. The molecule has 0 saturated heterocycles. The normalized spacial score (nSPS) is 10.9. The number of aromatic nitrogens is 2. The van der Waals surface area contributed by atoms with Gasteiger partial charge in [-0.3, -0.25) is 9.58 Å². The maximum absolute atomic E-state index is 5.81. The van der Waals surface area contributed by atoms with Crippen molar-refractivity contribution in [3.05, 3.63) is 46.2 Å². The van der Waals surface area contributed by atoms with Gasteiger partial charge in [-0.2, -0.15) is 5.10 Å². The summed E-state index contributed by atoms with van der Waals surface area (Å²) in [7, 11) is 2.03. The minimum atomic E-state index is 0.626. The number of hydrogen-bond acceptors (Lipinski definition) is 3. The van der Waals surface area contributed by atoms with E-state index in [0.29, 0.717) is 11.6 Å². The third-order valence-corrected chi connectivity index (χ3v) is 3.20. The zero-order valence-electron chi connectivity index (χ0n) is 10.6. The van der Waals surface area contributed by atoms with Crippen LogP contribution >= 0.6 is 27.5 Å². The summed E-state index contributed by atoms with van der Waals surface area (Å²) in [6.07, 6.45) is 3.72. The van der Waals surface area contributed by atoms with Gasteiger partial charge in [0, 0.05) is 17.8 Å². The molecule has 0 atom stereocenters. The molecule has 0 bridgehead atoms. The Bertz CT molecular complexity index is 515. The monoisotopic (exact) mass is 343 g/mol. The largest absolute Gasteiger partial charge is 0.492 e. The number of ether oxygens (including phenoxy) is 1. The van der Waals surface area contributed by atoms with Crippen LogP contribution in [0.3, 0.4) is 0 Å². The van der Waals surface area contributed by atoms with Crippen LogP contribution in [0.4, 0.5) is 0 Å². The van der Waals surface area contributed by atoms with E-state index in [0.717, 1.165) is 23.4 Å². The molecule has 0 radical (unpaired) electrons. The second-order valence-corrected chi connectivity index (χ2v) is 5.57. The van der Waals surface area contributed by atoms with Crippen LogP contribution in [0.15, 0.2) is 41.1 Å². The predicted molar refractivity (Wildman–Crippen MR) is 79.5 cm³/mol. The van der Waals surface area contributed by atoms with Crippen LogP contribution in [0.25, 0.3) is 0 Å². The lowest BCUT2D eigenvalue weighted by Gasteiger charge is -2.16. The van der Waals surface area contributed by atoms with Gasteiger partial charge in [-0.15, -0.1) is 0 Å². The van der Waals surface area contributed by atoms with E-state index in [1.54, 1.807) is 6.20 Å². The van der Waals surface area contributed by atoms with E-state index in [1.807, 2.05) is 42.2 Å². The Labute approximate surface area is 126 Å². The summed E-state index contributed by atoms with van der Waals surface area (Å²) in [5.41, 5.74) is 0. The van der Waals surface area contributed by atoms with Gasteiger partial charge in [-0.1, -0.05) is 11.6 Å². The number of halogens is 2. The van der Waals surface area contributed by atoms with Gasteiger partial charge in [0.25, 0.3) is 0 Å². The van der Waals surface area contributed by atoms with Crippen molar-refractivity contribution in [3.63, 3.8) is 0 Å². The number of likely N-dealkylation sites (N-methyl/N-ethyl adjacent to an activating group) is 1. The smallest absolute Gasteiger partial charge is 0.119 e. The van der Waals surface area contributed by atoms with E-state index in [1.165, 1.54) is 0 Å². The standard InChI is InChI=1S/C13H15BrClN3O/c1-17(10-18-9-11(14)8-16-18)6-7-19-13-4-2-12(15)3-5-13/h2-5,8-9H,6-7,10H2,1H3. The molecule has 0 aliphatic rings. The molecular formula is C13H15BrClN3O. The predicted octanol–water partition coefficient (Wildman–Crippen LogP) is 3.27. The summed E-state index contributed by atoms with van der Waals surface area (Å²) in [5.74, 6) is 0.833. The molecule has 0 unspecified atom stereocenters. The van der Waals surface area contributed by atoms with Gasteiger partial charge in [0.1, 0.15) is 12.4 Å². The fraction of sp³-hybridized carbons (Fsp3) is 0.308. The van der Waals surface area contributed by atoms with Crippen LogP contribution in [0.1, 0.15) is 0 Å². The second-order valence-electron chi connectivity index (χ2n) is 4.22. The first kappa shape index (κ1) is 14.4. The van der Waals surface area contributed by atoms with Gasteiger partial charge in [0.2, 0.25) is 0 Å². The third kappa shape index (κ3) is 4.86. The maximum Gasteiger partial charge on any atom is 0.119 e. The summed E-state index contributed by atoms with van der Waals surface area (Å²) in [6.45, 7) is 2.18. The zero-order chi connectivity index (χ0) is 13.7. The molecule has 2 rings (SSSR count). The first-order valence-electron chi connectivity index (χ1n) is 5.88. The summed E-state index contributed by atoms with van der Waals surface area (Å²) < 4.78 is 8.49. The highest BCUT2D eigenvalue weighted by Gasteiger charge is 2.02.